The first kappa shape index (κ1) is 16.5. The Morgan fingerprint density at radius 1 is 1.35 bits per heavy atom. The topological polar surface area (TPSA) is 29.5 Å². The van der Waals surface area contributed by atoms with Crippen molar-refractivity contribution in [2.24, 2.45) is 0 Å². The molecule has 1 aromatic carbocycles. The number of carbonyl (C=O) groups is 1. The highest BCUT2D eigenvalue weighted by molar-refractivity contribution is 9.12. The van der Waals surface area contributed by atoms with Crippen LogP contribution in [-0.4, -0.2) is 30.5 Å². The average Bonchev–Trinajstić information content (AvgIpc) is 2.47. The minimum atomic E-state index is -0.0199. The fraction of sp³-hybridized carbons (Fsp3) is 0.312. The zero-order valence-corrected chi connectivity index (χ0v) is 13.5. The highest BCUT2D eigenvalue weighted by Crippen LogP contribution is 2.23. The molecule has 4 heteroatoms. The predicted octanol–water partition coefficient (Wildman–Crippen LogP) is 3.86. The van der Waals surface area contributed by atoms with Gasteiger partial charge in [-0.25, -0.2) is 0 Å². The van der Waals surface area contributed by atoms with E-state index in [1.807, 2.05) is 38.1 Å². The summed E-state index contributed by atoms with van der Waals surface area (Å²) < 4.78 is 6.10. The summed E-state index contributed by atoms with van der Waals surface area (Å²) in [5.41, 5.74) is 0.863. The van der Waals surface area contributed by atoms with Gasteiger partial charge in [-0.1, -0.05) is 30.9 Å². The number of rotatable bonds is 7. The van der Waals surface area contributed by atoms with Crippen molar-refractivity contribution in [3.63, 3.8) is 0 Å². The van der Waals surface area contributed by atoms with E-state index in [2.05, 4.69) is 22.5 Å². The van der Waals surface area contributed by atoms with Gasteiger partial charge in [0, 0.05) is 18.7 Å². The molecule has 0 saturated heterocycles. The fourth-order valence-electron chi connectivity index (χ4n) is 1.74. The molecule has 0 saturated carbocycles. The van der Waals surface area contributed by atoms with Crippen LogP contribution in [0.2, 0.25) is 0 Å². The normalized spacial score (nSPS) is 11.1. The van der Waals surface area contributed by atoms with E-state index in [4.69, 9.17) is 4.74 Å². The minimum absolute atomic E-state index is 0.0199. The molecule has 108 valence electrons. The molecule has 0 atom stereocenters. The molecule has 1 rings (SSSR count). The summed E-state index contributed by atoms with van der Waals surface area (Å²) in [5.74, 6) is 0.713. The van der Waals surface area contributed by atoms with Gasteiger partial charge >= 0.3 is 0 Å². The van der Waals surface area contributed by atoms with Crippen molar-refractivity contribution in [1.82, 2.24) is 4.90 Å². The van der Waals surface area contributed by atoms with E-state index < -0.39 is 0 Å². The maximum Gasteiger partial charge on any atom is 0.260 e. The van der Waals surface area contributed by atoms with Crippen LogP contribution in [0.1, 0.15) is 19.4 Å². The number of hydrogen-bond donors (Lipinski definition) is 0. The molecule has 0 radical (unpaired) electrons. The van der Waals surface area contributed by atoms with Gasteiger partial charge in [0.1, 0.15) is 12.4 Å². The number of para-hydroxylation sites is 1. The van der Waals surface area contributed by atoms with E-state index in [0.29, 0.717) is 24.2 Å². The summed E-state index contributed by atoms with van der Waals surface area (Å²) in [6.45, 7) is 9.36. The van der Waals surface area contributed by atoms with Crippen LogP contribution in [0, 0.1) is 0 Å². The second kappa shape index (κ2) is 8.59. The first-order valence-corrected chi connectivity index (χ1v) is 7.42. The lowest BCUT2D eigenvalue weighted by molar-refractivity contribution is -0.125. The third-order valence-electron chi connectivity index (χ3n) is 2.81. The molecule has 20 heavy (non-hydrogen) atoms. The maximum absolute atomic E-state index is 12.2. The summed E-state index contributed by atoms with van der Waals surface area (Å²) >= 11 is 3.36. The Morgan fingerprint density at radius 2 is 2.00 bits per heavy atom. The monoisotopic (exact) mass is 337 g/mol. The molecule has 3 nitrogen and oxygen atoms in total. The van der Waals surface area contributed by atoms with E-state index in [1.54, 1.807) is 17.1 Å². The number of benzene rings is 1. The van der Waals surface area contributed by atoms with Gasteiger partial charge in [-0.2, -0.15) is 0 Å². The van der Waals surface area contributed by atoms with Crippen molar-refractivity contribution in [1.29, 1.82) is 0 Å². The van der Waals surface area contributed by atoms with E-state index >= 15 is 0 Å². The molecule has 0 spiro atoms. The van der Waals surface area contributed by atoms with Crippen LogP contribution in [0.4, 0.5) is 0 Å². The van der Waals surface area contributed by atoms with Gasteiger partial charge < -0.3 is 9.64 Å². The van der Waals surface area contributed by atoms with Crippen LogP contribution in [0.3, 0.4) is 0 Å². The van der Waals surface area contributed by atoms with Crippen molar-refractivity contribution in [3.05, 3.63) is 47.0 Å². The summed E-state index contributed by atoms with van der Waals surface area (Å²) in [6.07, 6.45) is 3.48. The SMILES string of the molecule is C=CCOc1ccccc1/C=C(\Br)C(=O)N(CC)CC. The predicted molar refractivity (Wildman–Crippen MR) is 87.0 cm³/mol. The number of amides is 1. The quantitative estimate of drug-likeness (QED) is 0.558. The minimum Gasteiger partial charge on any atom is -0.489 e. The third kappa shape index (κ3) is 4.53. The van der Waals surface area contributed by atoms with E-state index in [0.717, 1.165) is 11.3 Å². The molecule has 0 aliphatic rings. The lowest BCUT2D eigenvalue weighted by Gasteiger charge is -2.18. The van der Waals surface area contributed by atoms with E-state index in [1.165, 1.54) is 0 Å². The smallest absolute Gasteiger partial charge is 0.260 e. The van der Waals surface area contributed by atoms with Crippen molar-refractivity contribution in [2.45, 2.75) is 13.8 Å². The zero-order valence-electron chi connectivity index (χ0n) is 11.9. The molecule has 1 aromatic rings. The van der Waals surface area contributed by atoms with Crippen LogP contribution >= 0.6 is 15.9 Å². The van der Waals surface area contributed by atoms with Crippen LogP contribution in [0.25, 0.3) is 6.08 Å². The van der Waals surface area contributed by atoms with Gasteiger partial charge in [-0.15, -0.1) is 0 Å². The van der Waals surface area contributed by atoms with Gasteiger partial charge in [0.05, 0.1) is 4.48 Å². The van der Waals surface area contributed by atoms with Crippen molar-refractivity contribution >= 4 is 27.9 Å². The average molecular weight is 338 g/mol. The van der Waals surface area contributed by atoms with Crippen LogP contribution in [-0.2, 0) is 4.79 Å². The number of halogens is 1. The van der Waals surface area contributed by atoms with Crippen molar-refractivity contribution in [3.8, 4) is 5.75 Å². The standard InChI is InChI=1S/C16H20BrNO2/c1-4-11-20-15-10-8-7-9-13(15)12-14(17)16(19)18(5-2)6-3/h4,7-10,12H,1,5-6,11H2,2-3H3/b14-12-. The molecule has 0 heterocycles. The lowest BCUT2D eigenvalue weighted by Crippen LogP contribution is -2.30. The summed E-state index contributed by atoms with van der Waals surface area (Å²) in [7, 11) is 0. The molecular weight excluding hydrogens is 318 g/mol. The fourth-order valence-corrected chi connectivity index (χ4v) is 2.24. The highest BCUT2D eigenvalue weighted by atomic mass is 79.9. The lowest BCUT2D eigenvalue weighted by atomic mass is 10.2. The zero-order chi connectivity index (χ0) is 15.0. The van der Waals surface area contributed by atoms with Gasteiger partial charge in [-0.05, 0) is 41.9 Å². The Kier molecular flexibility index (Phi) is 7.09. The number of nitrogens with zero attached hydrogens (tertiary/aromatic N) is 1. The van der Waals surface area contributed by atoms with Crippen molar-refractivity contribution in [2.75, 3.05) is 19.7 Å². The molecule has 0 N–H and O–H groups in total. The van der Waals surface area contributed by atoms with Crippen LogP contribution in [0.15, 0.2) is 41.4 Å². The number of hydrogen-bond acceptors (Lipinski definition) is 2. The molecule has 0 aromatic heterocycles. The molecule has 0 bridgehead atoms. The van der Waals surface area contributed by atoms with Crippen LogP contribution < -0.4 is 4.74 Å². The Bertz CT molecular complexity index is 493. The Labute approximate surface area is 129 Å². The second-order valence-corrected chi connectivity index (χ2v) is 4.96. The van der Waals surface area contributed by atoms with Gasteiger partial charge in [-0.3, -0.25) is 4.79 Å². The highest BCUT2D eigenvalue weighted by Gasteiger charge is 2.13. The number of ether oxygens (including phenoxy) is 1. The van der Waals surface area contributed by atoms with Gasteiger partial charge in [0.15, 0.2) is 0 Å². The molecular formula is C16H20BrNO2. The van der Waals surface area contributed by atoms with E-state index in [-0.39, 0.29) is 5.91 Å². The van der Waals surface area contributed by atoms with Gasteiger partial charge in [0.25, 0.3) is 5.91 Å². The Morgan fingerprint density at radius 3 is 2.60 bits per heavy atom. The van der Waals surface area contributed by atoms with Gasteiger partial charge in [0.2, 0.25) is 0 Å². The maximum atomic E-state index is 12.2. The molecule has 0 unspecified atom stereocenters. The Hall–Kier alpha value is -1.55. The summed E-state index contributed by atoms with van der Waals surface area (Å²) in [5, 5.41) is 0. The number of likely N-dealkylation sites (N-methyl/N-ethyl adjacent to an activating group) is 1. The molecule has 0 aliphatic carbocycles. The first-order valence-electron chi connectivity index (χ1n) is 6.63. The second-order valence-electron chi connectivity index (χ2n) is 4.11. The Balaban J connectivity index is 2.97. The molecule has 0 fully saturated rings. The van der Waals surface area contributed by atoms with Crippen molar-refractivity contribution < 1.29 is 9.53 Å². The molecule has 1 amide bonds. The van der Waals surface area contributed by atoms with E-state index in [9.17, 15) is 4.79 Å². The summed E-state index contributed by atoms with van der Waals surface area (Å²) in [6, 6.07) is 7.59. The summed E-state index contributed by atoms with van der Waals surface area (Å²) in [4.78, 5) is 13.9. The van der Waals surface area contributed by atoms with Crippen LogP contribution in [0.5, 0.6) is 5.75 Å². The third-order valence-corrected chi connectivity index (χ3v) is 3.38. The largest absolute Gasteiger partial charge is 0.489 e. The number of carbonyl (C=O) groups excluding carboxylic acids is 1. The first-order chi connectivity index (χ1) is 9.63. The molecule has 0 aliphatic heterocycles.